The van der Waals surface area contributed by atoms with Crippen molar-refractivity contribution >= 4 is 11.7 Å². The van der Waals surface area contributed by atoms with Crippen molar-refractivity contribution in [1.82, 2.24) is 25.6 Å². The molecular formula is C26H48N6O3. The van der Waals surface area contributed by atoms with Crippen molar-refractivity contribution in [3.05, 3.63) is 11.9 Å². The van der Waals surface area contributed by atoms with Gasteiger partial charge in [0.15, 0.2) is 0 Å². The minimum Gasteiger partial charge on any atom is -0.396 e. The molecule has 200 valence electrons. The summed E-state index contributed by atoms with van der Waals surface area (Å²) in [5.41, 5.74) is 6.30. The molecule has 35 heavy (non-hydrogen) atoms. The van der Waals surface area contributed by atoms with Gasteiger partial charge in [0, 0.05) is 38.1 Å². The molecule has 1 atom stereocenters. The molecule has 0 spiro atoms. The summed E-state index contributed by atoms with van der Waals surface area (Å²) in [5.74, 6) is 0.754. The third-order valence-corrected chi connectivity index (χ3v) is 6.92. The molecule has 1 aliphatic heterocycles. The Hall–Kier alpha value is -1.84. The largest absolute Gasteiger partial charge is 0.396 e. The first-order valence-corrected chi connectivity index (χ1v) is 13.9. The SMILES string of the molecule is NCCCC[C@@H](C(=O)NCCCCCCCCCCC(=O)C1CCNCC1)n1cc(CCO)nn1. The van der Waals surface area contributed by atoms with E-state index in [1.54, 1.807) is 10.9 Å². The van der Waals surface area contributed by atoms with Gasteiger partial charge in [-0.3, -0.25) is 9.59 Å². The van der Waals surface area contributed by atoms with Crippen LogP contribution >= 0.6 is 0 Å². The summed E-state index contributed by atoms with van der Waals surface area (Å²) in [4.78, 5) is 25.0. The predicted octanol–water partition coefficient (Wildman–Crippen LogP) is 2.68. The second-order valence-electron chi connectivity index (χ2n) is 9.82. The smallest absolute Gasteiger partial charge is 0.244 e. The fourth-order valence-corrected chi connectivity index (χ4v) is 4.72. The number of Topliss-reactive ketones (excluding diaryl/α,β-unsaturated/α-hetero) is 1. The van der Waals surface area contributed by atoms with Crippen LogP contribution in [0.15, 0.2) is 6.20 Å². The van der Waals surface area contributed by atoms with E-state index in [0.29, 0.717) is 43.3 Å². The summed E-state index contributed by atoms with van der Waals surface area (Å²) in [7, 11) is 0. The van der Waals surface area contributed by atoms with Crippen molar-refractivity contribution in [2.75, 3.05) is 32.8 Å². The molecule has 0 saturated carbocycles. The van der Waals surface area contributed by atoms with E-state index in [9.17, 15) is 9.59 Å². The molecule has 9 nitrogen and oxygen atoms in total. The number of piperidine rings is 1. The van der Waals surface area contributed by atoms with Crippen LogP contribution in [-0.4, -0.2) is 64.6 Å². The molecule has 0 aromatic carbocycles. The first-order chi connectivity index (χ1) is 17.2. The van der Waals surface area contributed by atoms with E-state index in [-0.39, 0.29) is 18.6 Å². The Bertz CT molecular complexity index is 705. The summed E-state index contributed by atoms with van der Waals surface area (Å²) in [6, 6.07) is -0.386. The summed E-state index contributed by atoms with van der Waals surface area (Å²) in [6.45, 7) is 3.27. The highest BCUT2D eigenvalue weighted by molar-refractivity contribution is 5.81. The van der Waals surface area contributed by atoms with E-state index in [2.05, 4.69) is 20.9 Å². The molecular weight excluding hydrogens is 444 g/mol. The Morgan fingerprint density at radius 1 is 1.06 bits per heavy atom. The van der Waals surface area contributed by atoms with Crippen molar-refractivity contribution in [2.24, 2.45) is 11.7 Å². The first-order valence-electron chi connectivity index (χ1n) is 13.9. The molecule has 0 radical (unpaired) electrons. The molecule has 1 saturated heterocycles. The van der Waals surface area contributed by atoms with E-state index >= 15 is 0 Å². The zero-order chi connectivity index (χ0) is 25.1. The lowest BCUT2D eigenvalue weighted by Gasteiger charge is -2.21. The molecule has 1 fully saturated rings. The highest BCUT2D eigenvalue weighted by Crippen LogP contribution is 2.18. The fourth-order valence-electron chi connectivity index (χ4n) is 4.72. The fraction of sp³-hybridized carbons (Fsp3) is 0.846. The molecule has 1 amide bonds. The van der Waals surface area contributed by atoms with Gasteiger partial charge in [0.25, 0.3) is 0 Å². The minimum absolute atomic E-state index is 0.0148. The zero-order valence-electron chi connectivity index (χ0n) is 21.6. The van der Waals surface area contributed by atoms with Crippen LogP contribution in [-0.2, 0) is 16.0 Å². The Morgan fingerprint density at radius 2 is 1.74 bits per heavy atom. The molecule has 1 aromatic rings. The third-order valence-electron chi connectivity index (χ3n) is 6.92. The van der Waals surface area contributed by atoms with Gasteiger partial charge in [-0.2, -0.15) is 0 Å². The highest BCUT2D eigenvalue weighted by Gasteiger charge is 2.22. The van der Waals surface area contributed by atoms with Gasteiger partial charge in [-0.25, -0.2) is 4.68 Å². The van der Waals surface area contributed by atoms with Crippen molar-refractivity contribution in [1.29, 1.82) is 0 Å². The second kappa shape index (κ2) is 18.4. The van der Waals surface area contributed by atoms with E-state index < -0.39 is 0 Å². The molecule has 1 aliphatic rings. The number of aliphatic hydroxyl groups is 1. The number of carbonyl (C=O) groups is 2. The third kappa shape index (κ3) is 12.1. The molecule has 1 aromatic heterocycles. The lowest BCUT2D eigenvalue weighted by Crippen LogP contribution is -2.33. The van der Waals surface area contributed by atoms with Crippen LogP contribution in [0.25, 0.3) is 0 Å². The minimum atomic E-state index is -0.386. The van der Waals surface area contributed by atoms with Gasteiger partial charge >= 0.3 is 0 Å². The predicted molar refractivity (Wildman–Crippen MR) is 138 cm³/mol. The average molecular weight is 493 g/mol. The van der Waals surface area contributed by atoms with E-state index in [1.807, 2.05) is 0 Å². The van der Waals surface area contributed by atoms with E-state index in [0.717, 1.165) is 70.9 Å². The van der Waals surface area contributed by atoms with Crippen LogP contribution in [0, 0.1) is 5.92 Å². The Kier molecular flexibility index (Phi) is 15.5. The molecule has 9 heteroatoms. The molecule has 2 rings (SSSR count). The quantitative estimate of drug-likeness (QED) is 0.206. The first kappa shape index (κ1) is 29.4. The Balaban J connectivity index is 1.51. The topological polar surface area (TPSA) is 135 Å². The maximum absolute atomic E-state index is 12.8. The number of aromatic nitrogens is 3. The maximum atomic E-state index is 12.8. The van der Waals surface area contributed by atoms with Crippen LogP contribution < -0.4 is 16.4 Å². The van der Waals surface area contributed by atoms with Crippen LogP contribution in [0.3, 0.4) is 0 Å². The van der Waals surface area contributed by atoms with Crippen LogP contribution in [0.4, 0.5) is 0 Å². The van der Waals surface area contributed by atoms with Crippen molar-refractivity contribution in [2.45, 2.75) is 102 Å². The van der Waals surface area contributed by atoms with Gasteiger partial charge in [-0.15, -0.1) is 5.10 Å². The zero-order valence-corrected chi connectivity index (χ0v) is 21.6. The summed E-state index contributed by atoms with van der Waals surface area (Å²) < 4.78 is 1.62. The van der Waals surface area contributed by atoms with Gasteiger partial charge in [-0.1, -0.05) is 43.7 Å². The number of rotatable bonds is 20. The van der Waals surface area contributed by atoms with Crippen molar-refractivity contribution in [3.63, 3.8) is 0 Å². The number of carbonyl (C=O) groups excluding carboxylic acids is 2. The van der Waals surface area contributed by atoms with Crippen molar-refractivity contribution < 1.29 is 14.7 Å². The van der Waals surface area contributed by atoms with Gasteiger partial charge in [0.1, 0.15) is 11.8 Å². The van der Waals surface area contributed by atoms with Crippen LogP contribution in [0.2, 0.25) is 0 Å². The molecule has 2 heterocycles. The number of amides is 1. The average Bonchev–Trinajstić information content (AvgIpc) is 3.33. The van der Waals surface area contributed by atoms with Gasteiger partial charge < -0.3 is 21.5 Å². The van der Waals surface area contributed by atoms with Crippen molar-refractivity contribution in [3.8, 4) is 0 Å². The van der Waals surface area contributed by atoms with E-state index in [1.165, 1.54) is 25.7 Å². The van der Waals surface area contributed by atoms with Crippen LogP contribution in [0.5, 0.6) is 0 Å². The molecule has 0 bridgehead atoms. The number of nitrogens with one attached hydrogen (secondary N) is 2. The van der Waals surface area contributed by atoms with Gasteiger partial charge in [-0.05, 0) is 64.6 Å². The van der Waals surface area contributed by atoms with E-state index in [4.69, 9.17) is 10.8 Å². The number of nitrogens with two attached hydrogens (primary N) is 1. The number of hydrogen-bond acceptors (Lipinski definition) is 7. The number of hydrogen-bond donors (Lipinski definition) is 4. The number of aliphatic hydroxyl groups excluding tert-OH is 1. The highest BCUT2D eigenvalue weighted by atomic mass is 16.3. The Morgan fingerprint density at radius 3 is 2.43 bits per heavy atom. The standard InChI is InChI=1S/C26H48N6O3/c27-16-9-8-11-24(32-21-23(15-20-33)30-31-32)26(35)29-17-10-6-4-2-1-3-5-7-12-25(34)22-13-18-28-19-14-22/h21-22,24,28,33H,1-20,27H2,(H,29,35)/t24-/m0/s1. The lowest BCUT2D eigenvalue weighted by atomic mass is 9.90. The number of unbranched alkanes of at least 4 members (excludes halogenated alkanes) is 8. The Labute approximate surface area is 211 Å². The molecule has 0 unspecified atom stereocenters. The second-order valence-corrected chi connectivity index (χ2v) is 9.82. The summed E-state index contributed by atoms with van der Waals surface area (Å²) in [5, 5.41) is 23.6. The van der Waals surface area contributed by atoms with Crippen LogP contribution in [0.1, 0.15) is 102 Å². The summed E-state index contributed by atoms with van der Waals surface area (Å²) in [6.07, 6.45) is 16.5. The van der Waals surface area contributed by atoms with Gasteiger partial charge in [0.05, 0.1) is 5.69 Å². The normalized spacial score (nSPS) is 15.3. The molecule has 0 aliphatic carbocycles. The van der Waals surface area contributed by atoms with Gasteiger partial charge in [0.2, 0.25) is 5.91 Å². The molecule has 5 N–H and O–H groups in total. The lowest BCUT2D eigenvalue weighted by molar-refractivity contribution is -0.125. The maximum Gasteiger partial charge on any atom is 0.244 e. The number of nitrogens with zero attached hydrogens (tertiary/aromatic N) is 3. The monoisotopic (exact) mass is 492 g/mol. The summed E-state index contributed by atoms with van der Waals surface area (Å²) >= 11 is 0. The number of ketones is 1.